The molecule has 0 aromatic carbocycles. The van der Waals surface area contributed by atoms with Crippen molar-refractivity contribution in [3.8, 4) is 0 Å². The Hall–Kier alpha value is -1.29. The van der Waals surface area contributed by atoms with Crippen LogP contribution in [-0.2, 0) is 0 Å². The van der Waals surface area contributed by atoms with E-state index in [1.807, 2.05) is 31.7 Å². The third kappa shape index (κ3) is 2.36. The molecule has 94 valence electrons. The second kappa shape index (κ2) is 4.53. The fraction of sp³-hybridized carbons (Fsp3) is 0.615. The monoisotopic (exact) mass is 236 g/mol. The third-order valence-electron chi connectivity index (χ3n) is 3.41. The van der Waals surface area contributed by atoms with Gasteiger partial charge < -0.3 is 15.1 Å². The molecule has 2 rings (SSSR count). The molecule has 1 saturated heterocycles. The van der Waals surface area contributed by atoms with Gasteiger partial charge in [0, 0.05) is 24.2 Å². The number of likely N-dealkylation sites (tertiary alicyclic amines) is 1. The van der Waals surface area contributed by atoms with Crippen LogP contribution in [0.4, 0.5) is 0 Å². The predicted octanol–water partition coefficient (Wildman–Crippen LogP) is 1.85. The van der Waals surface area contributed by atoms with E-state index in [0.717, 1.165) is 30.7 Å². The van der Waals surface area contributed by atoms with Crippen molar-refractivity contribution in [3.05, 3.63) is 23.2 Å². The Morgan fingerprint density at radius 1 is 1.53 bits per heavy atom. The highest BCUT2D eigenvalue weighted by atomic mass is 16.4. The molecule has 0 unspecified atom stereocenters. The summed E-state index contributed by atoms with van der Waals surface area (Å²) in [6.07, 6.45) is 1.74. The summed E-state index contributed by atoms with van der Waals surface area (Å²) in [4.78, 5) is 14.2. The number of hydrogen-bond acceptors (Lipinski definition) is 3. The van der Waals surface area contributed by atoms with E-state index in [1.165, 1.54) is 0 Å². The van der Waals surface area contributed by atoms with Gasteiger partial charge in [-0.1, -0.05) is 0 Å². The number of amides is 1. The largest absolute Gasteiger partial charge is 0.456 e. The van der Waals surface area contributed by atoms with Crippen molar-refractivity contribution in [3.63, 3.8) is 0 Å². The maximum atomic E-state index is 12.3. The van der Waals surface area contributed by atoms with E-state index in [9.17, 15) is 4.79 Å². The van der Waals surface area contributed by atoms with Gasteiger partial charge in [-0.05, 0) is 39.7 Å². The normalized spacial score (nSPS) is 25.1. The minimum absolute atomic E-state index is 0.00463. The van der Waals surface area contributed by atoms with Gasteiger partial charge in [0.05, 0.1) is 0 Å². The van der Waals surface area contributed by atoms with E-state index >= 15 is 0 Å². The lowest BCUT2D eigenvalue weighted by atomic mass is 9.98. The van der Waals surface area contributed by atoms with Crippen LogP contribution in [0.15, 0.2) is 10.5 Å². The zero-order chi connectivity index (χ0) is 12.6. The van der Waals surface area contributed by atoms with Gasteiger partial charge in [0.1, 0.15) is 5.76 Å². The Morgan fingerprint density at radius 2 is 2.24 bits per heavy atom. The van der Waals surface area contributed by atoms with E-state index in [1.54, 1.807) is 0 Å². The summed E-state index contributed by atoms with van der Waals surface area (Å²) in [5, 5.41) is 0. The SMILES string of the molecule is Cc1cc(C)c(C(=O)N2CC[C@H](N)C[C@@H]2C)o1. The Morgan fingerprint density at radius 3 is 2.76 bits per heavy atom. The van der Waals surface area contributed by atoms with Crippen LogP contribution in [0.1, 0.15) is 41.6 Å². The van der Waals surface area contributed by atoms with Crippen LogP contribution >= 0.6 is 0 Å². The van der Waals surface area contributed by atoms with Crippen LogP contribution in [0.2, 0.25) is 0 Å². The molecule has 2 N–H and O–H groups in total. The van der Waals surface area contributed by atoms with Gasteiger partial charge in [-0.25, -0.2) is 0 Å². The molecule has 4 nitrogen and oxygen atoms in total. The van der Waals surface area contributed by atoms with Crippen molar-refractivity contribution in [1.82, 2.24) is 4.90 Å². The van der Waals surface area contributed by atoms with Crippen molar-refractivity contribution >= 4 is 5.91 Å². The van der Waals surface area contributed by atoms with Crippen LogP contribution in [0.25, 0.3) is 0 Å². The molecule has 1 amide bonds. The first-order valence-electron chi connectivity index (χ1n) is 6.12. The van der Waals surface area contributed by atoms with Gasteiger partial charge in [-0.2, -0.15) is 0 Å². The lowest BCUT2D eigenvalue weighted by Crippen LogP contribution is -2.48. The highest BCUT2D eigenvalue weighted by Gasteiger charge is 2.30. The molecule has 1 aromatic heterocycles. The van der Waals surface area contributed by atoms with Gasteiger partial charge in [-0.15, -0.1) is 0 Å². The first-order valence-corrected chi connectivity index (χ1v) is 6.12. The fourth-order valence-electron chi connectivity index (χ4n) is 2.49. The molecule has 0 spiro atoms. The average molecular weight is 236 g/mol. The third-order valence-corrected chi connectivity index (χ3v) is 3.41. The summed E-state index contributed by atoms with van der Waals surface area (Å²) >= 11 is 0. The van der Waals surface area contributed by atoms with Crippen molar-refractivity contribution in [1.29, 1.82) is 0 Å². The van der Waals surface area contributed by atoms with Gasteiger partial charge in [0.25, 0.3) is 5.91 Å². The van der Waals surface area contributed by atoms with Crippen LogP contribution in [-0.4, -0.2) is 29.4 Å². The standard InChI is InChI=1S/C13H20N2O2/c1-8-6-10(3)17-12(8)13(16)15-5-4-11(14)7-9(15)2/h6,9,11H,4-5,7,14H2,1-3H3/t9-,11-/m0/s1. The predicted molar refractivity (Wildman–Crippen MR) is 65.9 cm³/mol. The number of aryl methyl sites for hydroxylation is 2. The van der Waals surface area contributed by atoms with E-state index in [-0.39, 0.29) is 18.0 Å². The van der Waals surface area contributed by atoms with Crippen molar-refractivity contribution in [2.24, 2.45) is 5.73 Å². The molecule has 1 aromatic rings. The Labute approximate surface area is 102 Å². The number of carbonyl (C=O) groups excluding carboxylic acids is 1. The summed E-state index contributed by atoms with van der Waals surface area (Å²) in [5.41, 5.74) is 6.81. The van der Waals surface area contributed by atoms with Crippen LogP contribution < -0.4 is 5.73 Å². The minimum Gasteiger partial charge on any atom is -0.456 e. The molecule has 0 radical (unpaired) electrons. The van der Waals surface area contributed by atoms with E-state index in [0.29, 0.717) is 5.76 Å². The van der Waals surface area contributed by atoms with Crippen molar-refractivity contribution in [2.45, 2.75) is 45.7 Å². The molecular weight excluding hydrogens is 216 g/mol. The van der Waals surface area contributed by atoms with Crippen LogP contribution in [0.3, 0.4) is 0 Å². The first-order chi connectivity index (χ1) is 7.99. The van der Waals surface area contributed by atoms with Crippen molar-refractivity contribution in [2.75, 3.05) is 6.54 Å². The van der Waals surface area contributed by atoms with E-state index in [4.69, 9.17) is 10.2 Å². The van der Waals surface area contributed by atoms with Gasteiger partial charge >= 0.3 is 0 Å². The number of nitrogens with two attached hydrogens (primary N) is 1. The highest BCUT2D eigenvalue weighted by Crippen LogP contribution is 2.22. The quantitative estimate of drug-likeness (QED) is 0.809. The molecule has 2 atom stereocenters. The smallest absolute Gasteiger partial charge is 0.290 e. The zero-order valence-electron chi connectivity index (χ0n) is 10.7. The topological polar surface area (TPSA) is 59.5 Å². The number of nitrogens with zero attached hydrogens (tertiary/aromatic N) is 1. The van der Waals surface area contributed by atoms with Gasteiger partial charge in [0.2, 0.25) is 0 Å². The summed E-state index contributed by atoms with van der Waals surface area (Å²) in [6, 6.07) is 2.30. The molecule has 1 aliphatic heterocycles. The lowest BCUT2D eigenvalue weighted by Gasteiger charge is -2.35. The van der Waals surface area contributed by atoms with Crippen molar-refractivity contribution < 1.29 is 9.21 Å². The molecule has 0 bridgehead atoms. The number of furan rings is 1. The van der Waals surface area contributed by atoms with E-state index < -0.39 is 0 Å². The molecular formula is C13H20N2O2. The Bertz CT molecular complexity index is 425. The molecule has 4 heteroatoms. The summed E-state index contributed by atoms with van der Waals surface area (Å²) in [6.45, 7) is 6.53. The van der Waals surface area contributed by atoms with Crippen LogP contribution in [0, 0.1) is 13.8 Å². The maximum Gasteiger partial charge on any atom is 0.290 e. The zero-order valence-corrected chi connectivity index (χ0v) is 10.7. The second-order valence-electron chi connectivity index (χ2n) is 5.00. The number of hydrogen-bond donors (Lipinski definition) is 1. The van der Waals surface area contributed by atoms with Gasteiger partial charge in [-0.3, -0.25) is 4.79 Å². The van der Waals surface area contributed by atoms with Gasteiger partial charge in [0.15, 0.2) is 5.76 Å². The summed E-state index contributed by atoms with van der Waals surface area (Å²) < 4.78 is 5.48. The molecule has 0 saturated carbocycles. The average Bonchev–Trinajstić information content (AvgIpc) is 2.57. The molecule has 17 heavy (non-hydrogen) atoms. The number of carbonyl (C=O) groups is 1. The summed E-state index contributed by atoms with van der Waals surface area (Å²) in [5.74, 6) is 1.26. The Balaban J connectivity index is 2.17. The van der Waals surface area contributed by atoms with E-state index in [2.05, 4.69) is 0 Å². The maximum absolute atomic E-state index is 12.3. The van der Waals surface area contributed by atoms with Crippen LogP contribution in [0.5, 0.6) is 0 Å². The number of piperidine rings is 1. The molecule has 2 heterocycles. The summed E-state index contributed by atoms with van der Waals surface area (Å²) in [7, 11) is 0. The highest BCUT2D eigenvalue weighted by molar-refractivity contribution is 5.93. The fourth-order valence-corrected chi connectivity index (χ4v) is 2.49. The first kappa shape index (κ1) is 12.2. The molecule has 1 fully saturated rings. The molecule has 0 aliphatic carbocycles. The molecule has 1 aliphatic rings. The lowest BCUT2D eigenvalue weighted by molar-refractivity contribution is 0.0584. The number of rotatable bonds is 1. The minimum atomic E-state index is -0.00463. The Kier molecular flexibility index (Phi) is 3.24. The second-order valence-corrected chi connectivity index (χ2v) is 5.00.